The summed E-state index contributed by atoms with van der Waals surface area (Å²) < 4.78 is 12.9. The van der Waals surface area contributed by atoms with Crippen LogP contribution in [-0.4, -0.2) is 16.1 Å². The zero-order valence-corrected chi connectivity index (χ0v) is 12.0. The molecule has 1 heterocycles. The van der Waals surface area contributed by atoms with E-state index in [4.69, 9.17) is 23.2 Å². The summed E-state index contributed by atoms with van der Waals surface area (Å²) in [6, 6.07) is 4.77. The molecule has 2 aromatic rings. The number of hydrogen-bond acceptors (Lipinski definition) is 3. The molecule has 8 heteroatoms. The van der Waals surface area contributed by atoms with Gasteiger partial charge in [-0.05, 0) is 18.2 Å². The molecule has 0 spiro atoms. The first-order chi connectivity index (χ1) is 9.99. The minimum absolute atomic E-state index is 0.232. The zero-order valence-electron chi connectivity index (χ0n) is 10.5. The quantitative estimate of drug-likeness (QED) is 0.752. The van der Waals surface area contributed by atoms with Crippen LogP contribution < -0.4 is 10.6 Å². The van der Waals surface area contributed by atoms with Gasteiger partial charge in [0.05, 0.1) is 12.3 Å². The fourth-order valence-electron chi connectivity index (χ4n) is 1.64. The number of carbonyl (C=O) groups excluding carboxylic acids is 1. The maximum absolute atomic E-state index is 12.9. The number of urea groups is 1. The lowest BCUT2D eigenvalue weighted by atomic mass is 10.2. The Hall–Kier alpha value is -1.89. The van der Waals surface area contributed by atoms with E-state index in [0.717, 1.165) is 6.07 Å². The van der Waals surface area contributed by atoms with Gasteiger partial charge in [0.1, 0.15) is 0 Å². The molecule has 0 atom stereocenters. The molecule has 21 heavy (non-hydrogen) atoms. The van der Waals surface area contributed by atoms with E-state index in [-0.39, 0.29) is 23.0 Å². The van der Waals surface area contributed by atoms with Crippen molar-refractivity contribution in [3.63, 3.8) is 0 Å². The number of aromatic nitrogens is 1. The smallest absolute Gasteiger partial charge is 0.323 e. The van der Waals surface area contributed by atoms with Crippen molar-refractivity contribution in [3.8, 4) is 0 Å². The Labute approximate surface area is 129 Å². The number of nitrogens with one attached hydrogen (secondary N) is 2. The minimum atomic E-state index is -0.713. The Kier molecular flexibility index (Phi) is 4.95. The Morgan fingerprint density at radius 1 is 1.29 bits per heavy atom. The van der Waals surface area contributed by atoms with Crippen LogP contribution in [0.5, 0.6) is 0 Å². The third-order valence-corrected chi connectivity index (χ3v) is 3.11. The molecular formula is C13H10Cl2FN3O2. The van der Waals surface area contributed by atoms with Crippen LogP contribution in [0, 0.1) is 5.95 Å². The highest BCUT2D eigenvalue weighted by Crippen LogP contribution is 2.29. The summed E-state index contributed by atoms with van der Waals surface area (Å²) in [5, 5.41) is 14.7. The molecule has 2 amide bonds. The molecule has 1 aromatic heterocycles. The number of carbonyl (C=O) groups is 1. The molecule has 0 aliphatic rings. The largest absolute Gasteiger partial charge is 0.392 e. The van der Waals surface area contributed by atoms with Gasteiger partial charge in [-0.15, -0.1) is 0 Å². The van der Waals surface area contributed by atoms with E-state index >= 15 is 0 Å². The highest BCUT2D eigenvalue weighted by atomic mass is 35.5. The van der Waals surface area contributed by atoms with Gasteiger partial charge in [0, 0.05) is 33.6 Å². The molecule has 5 nitrogen and oxygen atoms in total. The monoisotopic (exact) mass is 329 g/mol. The molecule has 0 aliphatic carbocycles. The van der Waals surface area contributed by atoms with Crippen molar-refractivity contribution in [1.82, 2.24) is 4.98 Å². The topological polar surface area (TPSA) is 74.2 Å². The fourth-order valence-corrected chi connectivity index (χ4v) is 2.19. The van der Waals surface area contributed by atoms with E-state index in [2.05, 4.69) is 15.6 Å². The number of anilines is 2. The predicted octanol–water partition coefficient (Wildman–Crippen LogP) is 3.66. The third-order valence-electron chi connectivity index (χ3n) is 2.55. The first-order valence-corrected chi connectivity index (χ1v) is 6.53. The third kappa shape index (κ3) is 4.04. The number of pyridine rings is 1. The number of amides is 2. The van der Waals surface area contributed by atoms with E-state index in [1.165, 1.54) is 24.4 Å². The van der Waals surface area contributed by atoms with Crippen LogP contribution in [0.25, 0.3) is 0 Å². The standard InChI is InChI=1S/C13H10Cl2FN3O2/c14-7-3-10(15)9(6-20)11(4-7)19-13(21)18-8-1-2-17-12(16)5-8/h1-5,20H,6H2,(H2,17,18,19,21). The number of aliphatic hydroxyl groups excluding tert-OH is 1. The van der Waals surface area contributed by atoms with Crippen molar-refractivity contribution in [1.29, 1.82) is 0 Å². The summed E-state index contributed by atoms with van der Waals surface area (Å²) in [5.41, 5.74) is 0.831. The zero-order chi connectivity index (χ0) is 15.4. The number of benzene rings is 1. The average Bonchev–Trinajstić information content (AvgIpc) is 2.37. The van der Waals surface area contributed by atoms with E-state index < -0.39 is 12.0 Å². The van der Waals surface area contributed by atoms with Gasteiger partial charge >= 0.3 is 6.03 Å². The second-order valence-corrected chi connectivity index (χ2v) is 4.86. The lowest BCUT2D eigenvalue weighted by Crippen LogP contribution is -2.20. The maximum Gasteiger partial charge on any atom is 0.323 e. The van der Waals surface area contributed by atoms with E-state index in [9.17, 15) is 14.3 Å². The molecular weight excluding hydrogens is 320 g/mol. The van der Waals surface area contributed by atoms with Crippen molar-refractivity contribution in [2.45, 2.75) is 6.61 Å². The highest BCUT2D eigenvalue weighted by Gasteiger charge is 2.11. The van der Waals surface area contributed by atoms with Crippen LogP contribution in [0.15, 0.2) is 30.5 Å². The molecule has 2 rings (SSSR count). The first-order valence-electron chi connectivity index (χ1n) is 5.78. The van der Waals surface area contributed by atoms with Crippen LogP contribution in [0.1, 0.15) is 5.56 Å². The Balaban J connectivity index is 2.16. The van der Waals surface area contributed by atoms with Gasteiger partial charge in [-0.1, -0.05) is 23.2 Å². The van der Waals surface area contributed by atoms with Gasteiger partial charge in [0.2, 0.25) is 5.95 Å². The molecule has 0 unspecified atom stereocenters. The molecule has 0 fully saturated rings. The minimum Gasteiger partial charge on any atom is -0.392 e. The molecule has 0 radical (unpaired) electrons. The van der Waals surface area contributed by atoms with E-state index in [1.54, 1.807) is 0 Å². The van der Waals surface area contributed by atoms with Crippen molar-refractivity contribution in [2.75, 3.05) is 10.6 Å². The van der Waals surface area contributed by atoms with Crippen LogP contribution in [0.2, 0.25) is 10.0 Å². The van der Waals surface area contributed by atoms with Gasteiger partial charge in [0.25, 0.3) is 0 Å². The number of aliphatic hydroxyl groups is 1. The summed E-state index contributed by atoms with van der Waals surface area (Å²) in [6.07, 6.45) is 1.22. The number of halogens is 3. The second-order valence-electron chi connectivity index (χ2n) is 4.02. The molecule has 0 saturated heterocycles. The molecule has 1 aromatic carbocycles. The van der Waals surface area contributed by atoms with Gasteiger partial charge in [0.15, 0.2) is 0 Å². The highest BCUT2D eigenvalue weighted by molar-refractivity contribution is 6.35. The van der Waals surface area contributed by atoms with E-state index in [1.807, 2.05) is 0 Å². The van der Waals surface area contributed by atoms with Gasteiger partial charge in [-0.3, -0.25) is 0 Å². The molecule has 0 aliphatic heterocycles. The van der Waals surface area contributed by atoms with Gasteiger partial charge in [-0.2, -0.15) is 4.39 Å². The summed E-state index contributed by atoms with van der Waals surface area (Å²) in [4.78, 5) is 15.2. The summed E-state index contributed by atoms with van der Waals surface area (Å²) in [5.74, 6) is -0.713. The normalized spacial score (nSPS) is 10.3. The summed E-state index contributed by atoms with van der Waals surface area (Å²) >= 11 is 11.8. The Morgan fingerprint density at radius 3 is 2.71 bits per heavy atom. The Morgan fingerprint density at radius 2 is 2.05 bits per heavy atom. The maximum atomic E-state index is 12.9. The average molecular weight is 330 g/mol. The van der Waals surface area contributed by atoms with Crippen molar-refractivity contribution in [3.05, 3.63) is 52.0 Å². The number of rotatable bonds is 3. The summed E-state index contributed by atoms with van der Waals surface area (Å²) in [6.45, 7) is -0.366. The fraction of sp³-hybridized carbons (Fsp3) is 0.0769. The van der Waals surface area contributed by atoms with Gasteiger partial charge in [-0.25, -0.2) is 9.78 Å². The number of hydrogen-bond donors (Lipinski definition) is 3. The van der Waals surface area contributed by atoms with Crippen LogP contribution in [0.4, 0.5) is 20.6 Å². The number of nitrogens with zero attached hydrogens (tertiary/aromatic N) is 1. The second kappa shape index (κ2) is 6.71. The van der Waals surface area contributed by atoms with Crippen molar-refractivity contribution >= 4 is 40.6 Å². The van der Waals surface area contributed by atoms with Crippen molar-refractivity contribution < 1.29 is 14.3 Å². The Bertz CT molecular complexity index is 682. The first kappa shape index (κ1) is 15.5. The van der Waals surface area contributed by atoms with Crippen LogP contribution in [-0.2, 0) is 6.61 Å². The molecule has 0 saturated carbocycles. The molecule has 3 N–H and O–H groups in total. The van der Waals surface area contributed by atoms with Crippen LogP contribution in [0.3, 0.4) is 0 Å². The van der Waals surface area contributed by atoms with Gasteiger partial charge < -0.3 is 15.7 Å². The summed E-state index contributed by atoms with van der Waals surface area (Å²) in [7, 11) is 0. The predicted molar refractivity (Wildman–Crippen MR) is 79.2 cm³/mol. The lowest BCUT2D eigenvalue weighted by Gasteiger charge is -2.12. The van der Waals surface area contributed by atoms with E-state index in [0.29, 0.717) is 10.6 Å². The SMILES string of the molecule is O=C(Nc1ccnc(F)c1)Nc1cc(Cl)cc(Cl)c1CO. The van der Waals surface area contributed by atoms with Crippen LogP contribution >= 0.6 is 23.2 Å². The molecule has 110 valence electrons. The lowest BCUT2D eigenvalue weighted by molar-refractivity contribution is 0.262. The molecule has 0 bridgehead atoms. The van der Waals surface area contributed by atoms with Crippen molar-refractivity contribution in [2.24, 2.45) is 0 Å².